The van der Waals surface area contributed by atoms with E-state index in [1.54, 1.807) is 24.3 Å². The Morgan fingerprint density at radius 3 is 0.974 bits per heavy atom. The Kier molecular flexibility index (Phi) is 40.5. The zero-order valence-corrected chi connectivity index (χ0v) is 51.5. The van der Waals surface area contributed by atoms with Crippen LogP contribution in [-0.2, 0) is 36.0 Å². The third-order valence-electron chi connectivity index (χ3n) is 13.3. The average molecular weight is 1140 g/mol. The van der Waals surface area contributed by atoms with Gasteiger partial charge in [0.1, 0.15) is 26.4 Å². The maximum Gasteiger partial charge on any atom is 0.500 e. The van der Waals surface area contributed by atoms with Gasteiger partial charge in [-0.25, -0.2) is 0 Å². The Hall–Kier alpha value is -2.99. The van der Waals surface area contributed by atoms with E-state index in [4.69, 9.17) is 55.0 Å². The highest BCUT2D eigenvalue weighted by Gasteiger charge is 2.40. The molecule has 0 spiro atoms. The van der Waals surface area contributed by atoms with Crippen LogP contribution in [0.2, 0.25) is 12.1 Å². The molecule has 2 aromatic rings. The first-order valence-electron chi connectivity index (χ1n) is 30.5. The molecule has 18 heteroatoms. The number of nitrogens with one attached hydrogen (secondary N) is 2. The van der Waals surface area contributed by atoms with Crippen LogP contribution in [0.5, 0.6) is 23.0 Å². The quantitative estimate of drug-likeness (QED) is 0.0365. The van der Waals surface area contributed by atoms with E-state index >= 15 is 0 Å². The largest absolute Gasteiger partial charge is 0.500 e. The summed E-state index contributed by atoms with van der Waals surface area (Å²) in [6.07, 6.45) is 21.2. The molecule has 1 aliphatic rings. The molecule has 0 atom stereocenters. The van der Waals surface area contributed by atoms with Gasteiger partial charge in [0.2, 0.25) is 0 Å². The minimum Gasteiger partial charge on any atom is -0.487 e. The molecule has 3 rings (SSSR count). The lowest BCUT2D eigenvalue weighted by Crippen LogP contribution is -2.46. The second-order valence-corrected chi connectivity index (χ2v) is 25.1. The molecular weight excluding hydrogens is 1030 g/mol. The molecular formula is C60H106N2O14Si2. The predicted molar refractivity (Wildman–Crippen MR) is 314 cm³/mol. The zero-order valence-electron chi connectivity index (χ0n) is 49.5. The molecule has 0 saturated carbocycles. The van der Waals surface area contributed by atoms with E-state index in [1.807, 2.05) is 53.7 Å². The number of Topliss-reactive ketones (excluding diaryl/α,β-unsaturated/α-hetero) is 2. The van der Waals surface area contributed by atoms with Crippen LogP contribution in [0.3, 0.4) is 0 Å². The number of fused-ring (bicyclic) bond motifs is 2. The van der Waals surface area contributed by atoms with Crippen LogP contribution in [0, 0.1) is 0 Å². The monoisotopic (exact) mass is 1130 g/mol. The van der Waals surface area contributed by atoms with Crippen molar-refractivity contribution in [2.24, 2.45) is 0 Å². The predicted octanol–water partition coefficient (Wildman–Crippen LogP) is 12.4. The highest BCUT2D eigenvalue weighted by Crippen LogP contribution is 2.31. The molecule has 0 amide bonds. The fourth-order valence-electron chi connectivity index (χ4n) is 9.47. The molecule has 0 aromatic heterocycles. The number of ether oxygens (including phenoxy) is 6. The second kappa shape index (κ2) is 45.6. The van der Waals surface area contributed by atoms with Crippen LogP contribution in [-0.4, -0.2) is 148 Å². The summed E-state index contributed by atoms with van der Waals surface area (Å²) >= 11 is 0. The summed E-state index contributed by atoms with van der Waals surface area (Å²) in [5.74, 6) is 2.32. The summed E-state index contributed by atoms with van der Waals surface area (Å²) in [7, 11) is -5.10. The Bertz CT molecular complexity index is 1650. The van der Waals surface area contributed by atoms with Crippen molar-refractivity contribution in [3.05, 3.63) is 47.5 Å². The first-order valence-corrected chi connectivity index (χ1v) is 34.4. The van der Waals surface area contributed by atoms with E-state index in [9.17, 15) is 9.59 Å². The number of unbranched alkanes of at least 4 members (excludes halogenated alkanes) is 14. The van der Waals surface area contributed by atoms with E-state index in [2.05, 4.69) is 10.6 Å². The molecule has 1 heterocycles. The third kappa shape index (κ3) is 30.7. The highest BCUT2D eigenvalue weighted by molar-refractivity contribution is 6.61. The van der Waals surface area contributed by atoms with Crippen molar-refractivity contribution in [3.8, 4) is 23.0 Å². The number of ketones is 2. The topological polar surface area (TPSA) is 169 Å². The van der Waals surface area contributed by atoms with Crippen LogP contribution >= 0.6 is 0 Å². The van der Waals surface area contributed by atoms with Gasteiger partial charge in [-0.1, -0.05) is 77.0 Å². The molecule has 2 aromatic carbocycles. The van der Waals surface area contributed by atoms with Crippen LogP contribution in [0.1, 0.15) is 191 Å². The molecule has 448 valence electrons. The molecule has 0 aliphatic carbocycles. The fourth-order valence-corrected chi connectivity index (χ4v) is 14.7. The molecule has 78 heavy (non-hydrogen) atoms. The van der Waals surface area contributed by atoms with Gasteiger partial charge in [0.05, 0.1) is 26.4 Å². The number of benzene rings is 2. The minimum absolute atomic E-state index is 0.102. The maximum atomic E-state index is 13.3. The summed E-state index contributed by atoms with van der Waals surface area (Å²) < 4.78 is 71.8. The second-order valence-electron chi connectivity index (χ2n) is 19.6. The van der Waals surface area contributed by atoms with Gasteiger partial charge in [0.25, 0.3) is 0 Å². The van der Waals surface area contributed by atoms with Gasteiger partial charge in [-0.15, -0.1) is 0 Å². The molecule has 0 unspecified atom stereocenters. The lowest BCUT2D eigenvalue weighted by Gasteiger charge is -2.28. The molecule has 0 radical (unpaired) electrons. The van der Waals surface area contributed by atoms with E-state index < -0.39 is 17.6 Å². The fraction of sp³-hybridized carbons (Fsp3) is 0.767. The molecule has 0 bridgehead atoms. The number of carbonyl (C=O) groups is 2. The van der Waals surface area contributed by atoms with Crippen molar-refractivity contribution < 1.29 is 64.6 Å². The van der Waals surface area contributed by atoms with Crippen molar-refractivity contribution in [2.75, 3.05) is 119 Å². The van der Waals surface area contributed by atoms with Gasteiger partial charge in [-0.05, 0) is 143 Å². The van der Waals surface area contributed by atoms with Crippen molar-refractivity contribution in [2.45, 2.75) is 182 Å². The maximum absolute atomic E-state index is 13.3. The van der Waals surface area contributed by atoms with E-state index in [0.717, 1.165) is 89.6 Å². The van der Waals surface area contributed by atoms with Crippen molar-refractivity contribution >= 4 is 29.2 Å². The Balaban J connectivity index is 1.28. The van der Waals surface area contributed by atoms with Gasteiger partial charge >= 0.3 is 17.6 Å². The van der Waals surface area contributed by atoms with Gasteiger partial charge in [0.15, 0.2) is 34.6 Å². The van der Waals surface area contributed by atoms with E-state index in [-0.39, 0.29) is 24.8 Å². The molecule has 1 aliphatic heterocycles. The molecule has 0 saturated heterocycles. The number of hydrogen-bond acceptors (Lipinski definition) is 16. The Labute approximate surface area is 473 Å². The van der Waals surface area contributed by atoms with Crippen molar-refractivity contribution in [1.29, 1.82) is 0 Å². The number of rotatable bonds is 44. The average Bonchev–Trinajstić information content (AvgIpc) is 3.44. The SMILES string of the molecule is CCO[Si](CCCNCCCCCCCCCCC(=O)c1ccc2c(c1)OCCOCCOc1cc(C(=O)CCCCCCCCCCNCCC[Si](OCC)(OCC)OCC)ccc1OCCOCCO2)(OCC)OCC. The van der Waals surface area contributed by atoms with E-state index in [1.165, 1.54) is 64.2 Å². The van der Waals surface area contributed by atoms with Crippen LogP contribution < -0.4 is 29.6 Å². The molecule has 2 N–H and O–H groups in total. The van der Waals surface area contributed by atoms with Gasteiger partial charge in [-0.2, -0.15) is 0 Å². The summed E-state index contributed by atoms with van der Waals surface area (Å²) in [4.78, 5) is 26.6. The number of carbonyl (C=O) groups excluding carboxylic acids is 2. The third-order valence-corrected chi connectivity index (χ3v) is 19.6. The lowest BCUT2D eigenvalue weighted by molar-refractivity contribution is 0.0639. The first-order chi connectivity index (χ1) is 38.3. The van der Waals surface area contributed by atoms with Crippen LogP contribution in [0.4, 0.5) is 0 Å². The van der Waals surface area contributed by atoms with Crippen molar-refractivity contribution in [1.82, 2.24) is 10.6 Å². The summed E-state index contributed by atoms with van der Waals surface area (Å²) in [6, 6.07) is 12.5. The van der Waals surface area contributed by atoms with Gasteiger partial charge in [-0.3, -0.25) is 9.59 Å². The summed E-state index contributed by atoms with van der Waals surface area (Å²) in [5, 5.41) is 7.15. The summed E-state index contributed by atoms with van der Waals surface area (Å²) in [6.45, 7) is 22.1. The Morgan fingerprint density at radius 2 is 0.654 bits per heavy atom. The van der Waals surface area contributed by atoms with Crippen LogP contribution in [0.25, 0.3) is 0 Å². The molecule has 16 nitrogen and oxygen atoms in total. The lowest BCUT2D eigenvalue weighted by atomic mass is 10.0. The summed E-state index contributed by atoms with van der Waals surface area (Å²) in [5.41, 5.74) is 1.23. The highest BCUT2D eigenvalue weighted by atomic mass is 28.4. The van der Waals surface area contributed by atoms with Crippen molar-refractivity contribution in [3.63, 3.8) is 0 Å². The van der Waals surface area contributed by atoms with E-state index in [0.29, 0.717) is 126 Å². The number of hydrogen-bond donors (Lipinski definition) is 2. The van der Waals surface area contributed by atoms with Gasteiger partial charge in [0, 0.05) is 75.7 Å². The first kappa shape index (κ1) is 69.3. The normalized spacial score (nSPS) is 14.0. The zero-order chi connectivity index (χ0) is 56.0. The Morgan fingerprint density at radius 1 is 0.372 bits per heavy atom. The minimum atomic E-state index is -2.55. The smallest absolute Gasteiger partial charge is 0.487 e. The van der Waals surface area contributed by atoms with Crippen LogP contribution in [0.15, 0.2) is 36.4 Å². The standard InChI is InChI=1S/C60H106N2O14Si2/c1-7-71-77(72-8-2,73-9-3)49-29-39-61-37-27-23-19-15-13-17-21-25-31-55(63)53-33-35-57-59(51-53)69-47-43-66-44-48-70-60-52-54(34-36-58(60)68-46-42-65-41-45-67-57)56(64)32-26-22-18-14-16-20-24-28-38-62-40-30-50-78(74-10-4,75-11-5)76-12-6/h33-36,51-52,61-62H,7-32,37-50H2,1-6H3. The van der Waals surface area contributed by atoms with Gasteiger partial charge < -0.3 is 65.6 Å². The molecule has 0 fully saturated rings.